The van der Waals surface area contributed by atoms with Gasteiger partial charge in [0.15, 0.2) is 0 Å². The molecule has 1 aromatic rings. The molecular weight excluding hydrogens is 280 g/mol. The minimum absolute atomic E-state index is 0.00987. The molecule has 0 spiro atoms. The third-order valence-electron chi connectivity index (χ3n) is 4.47. The van der Waals surface area contributed by atoms with Crippen LogP contribution in [0.25, 0.3) is 0 Å². The molecule has 118 valence electrons. The second-order valence-electron chi connectivity index (χ2n) is 6.01. The summed E-state index contributed by atoms with van der Waals surface area (Å²) in [5.74, 6) is 0.323. The summed E-state index contributed by atoms with van der Waals surface area (Å²) in [5.41, 5.74) is 0.480. The highest BCUT2D eigenvalue weighted by atomic mass is 16.2. The van der Waals surface area contributed by atoms with E-state index in [9.17, 15) is 9.59 Å². The summed E-state index contributed by atoms with van der Waals surface area (Å²) in [5, 5.41) is 2.87. The van der Waals surface area contributed by atoms with Crippen LogP contribution in [-0.4, -0.2) is 58.9 Å². The highest BCUT2D eigenvalue weighted by Gasteiger charge is 2.38. The highest BCUT2D eigenvalue weighted by Crippen LogP contribution is 2.28. The molecule has 3 aliphatic heterocycles. The number of piperidine rings is 1. The molecule has 0 aromatic carbocycles. The minimum Gasteiger partial charge on any atom is -0.338 e. The Bertz CT molecular complexity index is 548. The Hall–Kier alpha value is -2.11. The number of carbonyl (C=O) groups is 2. The number of amides is 3. The fraction of sp³-hybridized carbons (Fsp3) is 0.562. The monoisotopic (exact) mass is 302 g/mol. The smallest absolute Gasteiger partial charge is 0.317 e. The molecule has 1 aromatic heterocycles. The van der Waals surface area contributed by atoms with Gasteiger partial charge in [-0.1, -0.05) is 6.07 Å². The molecule has 0 saturated carbocycles. The van der Waals surface area contributed by atoms with Crippen molar-refractivity contribution in [1.82, 2.24) is 20.1 Å². The zero-order valence-electron chi connectivity index (χ0n) is 12.9. The van der Waals surface area contributed by atoms with E-state index in [4.69, 9.17) is 0 Å². The number of pyridine rings is 1. The van der Waals surface area contributed by atoms with Crippen LogP contribution in [0.2, 0.25) is 0 Å². The zero-order chi connectivity index (χ0) is 15.5. The van der Waals surface area contributed by atoms with Crippen molar-refractivity contribution >= 4 is 11.9 Å². The lowest BCUT2D eigenvalue weighted by Gasteiger charge is -2.35. The third-order valence-corrected chi connectivity index (χ3v) is 4.47. The van der Waals surface area contributed by atoms with Gasteiger partial charge in [0, 0.05) is 32.4 Å². The molecule has 4 heterocycles. The summed E-state index contributed by atoms with van der Waals surface area (Å²) in [7, 11) is 0. The second kappa shape index (κ2) is 6.34. The van der Waals surface area contributed by atoms with E-state index < -0.39 is 0 Å². The van der Waals surface area contributed by atoms with Gasteiger partial charge < -0.3 is 15.1 Å². The lowest BCUT2D eigenvalue weighted by Crippen LogP contribution is -2.51. The van der Waals surface area contributed by atoms with Gasteiger partial charge in [0.1, 0.15) is 5.69 Å². The highest BCUT2D eigenvalue weighted by molar-refractivity contribution is 5.92. The predicted octanol–water partition coefficient (Wildman–Crippen LogP) is 1.35. The van der Waals surface area contributed by atoms with Crippen molar-refractivity contribution in [1.29, 1.82) is 0 Å². The van der Waals surface area contributed by atoms with E-state index in [-0.39, 0.29) is 18.0 Å². The van der Waals surface area contributed by atoms with E-state index in [2.05, 4.69) is 10.3 Å². The van der Waals surface area contributed by atoms with Gasteiger partial charge in [0.2, 0.25) is 0 Å². The fourth-order valence-corrected chi connectivity index (χ4v) is 3.40. The lowest BCUT2D eigenvalue weighted by molar-refractivity contribution is 0.0736. The first-order valence-corrected chi connectivity index (χ1v) is 7.93. The molecule has 3 amide bonds. The molecule has 0 radical (unpaired) electrons. The Labute approximate surface area is 130 Å². The normalized spacial score (nSPS) is 24.0. The van der Waals surface area contributed by atoms with Crippen LogP contribution in [0, 0.1) is 5.92 Å². The van der Waals surface area contributed by atoms with Gasteiger partial charge >= 0.3 is 6.03 Å². The Morgan fingerprint density at radius 3 is 2.86 bits per heavy atom. The fourth-order valence-electron chi connectivity index (χ4n) is 3.40. The molecule has 2 atom stereocenters. The van der Waals surface area contributed by atoms with Crippen molar-refractivity contribution in [3.05, 3.63) is 30.1 Å². The summed E-state index contributed by atoms with van der Waals surface area (Å²) in [6, 6.07) is 5.48. The average molecular weight is 302 g/mol. The Balaban J connectivity index is 1.75. The lowest BCUT2D eigenvalue weighted by atomic mass is 9.95. The first-order valence-electron chi connectivity index (χ1n) is 7.93. The first-order chi connectivity index (χ1) is 10.7. The molecule has 3 saturated heterocycles. The van der Waals surface area contributed by atoms with Crippen LogP contribution in [0.5, 0.6) is 0 Å². The number of fused-ring (bicyclic) bond motifs is 4. The van der Waals surface area contributed by atoms with Crippen LogP contribution >= 0.6 is 0 Å². The number of nitrogens with one attached hydrogen (secondary N) is 1. The molecule has 0 unspecified atom stereocenters. The molecule has 6 nitrogen and oxygen atoms in total. The maximum atomic E-state index is 12.6. The average Bonchev–Trinajstić information content (AvgIpc) is 2.87. The van der Waals surface area contributed by atoms with E-state index in [0.29, 0.717) is 31.2 Å². The number of carbonyl (C=O) groups excluding carboxylic acids is 2. The van der Waals surface area contributed by atoms with Gasteiger partial charge in [-0.3, -0.25) is 9.78 Å². The molecule has 0 aliphatic carbocycles. The standard InChI is InChI=1S/C16H22N4O2/c1-2-17-16(22)20-10-12-6-7-13(20)11-19(9-12)15(21)14-5-3-4-8-18-14/h3-5,8,12-13H,2,6-7,9-11H2,1H3,(H,17,22)/t12-,13+/m0/s1. The van der Waals surface area contributed by atoms with Crippen LogP contribution in [0.1, 0.15) is 30.3 Å². The summed E-state index contributed by atoms with van der Waals surface area (Å²) in [4.78, 5) is 32.7. The van der Waals surface area contributed by atoms with E-state index >= 15 is 0 Å². The quantitative estimate of drug-likeness (QED) is 0.897. The van der Waals surface area contributed by atoms with Gasteiger partial charge in [-0.05, 0) is 37.8 Å². The topological polar surface area (TPSA) is 65.5 Å². The molecule has 4 rings (SSSR count). The van der Waals surface area contributed by atoms with E-state index in [1.165, 1.54) is 0 Å². The van der Waals surface area contributed by atoms with Crippen LogP contribution in [0.15, 0.2) is 24.4 Å². The van der Waals surface area contributed by atoms with Crippen molar-refractivity contribution in [2.75, 3.05) is 26.2 Å². The van der Waals surface area contributed by atoms with Crippen LogP contribution < -0.4 is 5.32 Å². The van der Waals surface area contributed by atoms with Gasteiger partial charge in [-0.25, -0.2) is 4.79 Å². The zero-order valence-corrected chi connectivity index (χ0v) is 12.9. The molecule has 3 aliphatic rings. The van der Waals surface area contributed by atoms with Crippen molar-refractivity contribution in [2.24, 2.45) is 5.92 Å². The maximum Gasteiger partial charge on any atom is 0.317 e. The molecule has 22 heavy (non-hydrogen) atoms. The Kier molecular flexibility index (Phi) is 4.27. The molecule has 2 bridgehead atoms. The van der Waals surface area contributed by atoms with Crippen molar-refractivity contribution in [3.63, 3.8) is 0 Å². The van der Waals surface area contributed by atoms with E-state index in [1.807, 2.05) is 22.8 Å². The van der Waals surface area contributed by atoms with Crippen LogP contribution in [0.3, 0.4) is 0 Å². The van der Waals surface area contributed by atoms with Gasteiger partial charge in [0.25, 0.3) is 5.91 Å². The SMILES string of the molecule is CCNC(=O)N1C[C@H]2CC[C@@H]1CN(C(=O)c1ccccn1)C2. The van der Waals surface area contributed by atoms with Crippen molar-refractivity contribution in [3.8, 4) is 0 Å². The summed E-state index contributed by atoms with van der Waals surface area (Å²) in [6.45, 7) is 4.60. The Morgan fingerprint density at radius 1 is 1.27 bits per heavy atom. The number of hydrogen-bond donors (Lipinski definition) is 1. The molecular formula is C16H22N4O2. The van der Waals surface area contributed by atoms with E-state index in [0.717, 1.165) is 19.4 Å². The maximum absolute atomic E-state index is 12.6. The molecule has 1 N–H and O–H groups in total. The number of rotatable bonds is 2. The summed E-state index contributed by atoms with van der Waals surface area (Å²) in [6.07, 6.45) is 3.68. The molecule has 6 heteroatoms. The number of urea groups is 1. The largest absolute Gasteiger partial charge is 0.338 e. The summed E-state index contributed by atoms with van der Waals surface area (Å²) < 4.78 is 0. The minimum atomic E-state index is -0.0322. The Morgan fingerprint density at radius 2 is 2.14 bits per heavy atom. The van der Waals surface area contributed by atoms with Gasteiger partial charge in [-0.2, -0.15) is 0 Å². The number of nitrogens with zero attached hydrogens (tertiary/aromatic N) is 3. The van der Waals surface area contributed by atoms with Crippen LogP contribution in [-0.2, 0) is 0 Å². The summed E-state index contributed by atoms with van der Waals surface area (Å²) >= 11 is 0. The van der Waals surface area contributed by atoms with E-state index in [1.54, 1.807) is 18.3 Å². The van der Waals surface area contributed by atoms with Crippen molar-refractivity contribution < 1.29 is 9.59 Å². The van der Waals surface area contributed by atoms with Gasteiger partial charge in [-0.15, -0.1) is 0 Å². The first kappa shape index (κ1) is 14.8. The predicted molar refractivity (Wildman–Crippen MR) is 82.4 cm³/mol. The van der Waals surface area contributed by atoms with Gasteiger partial charge in [0.05, 0.1) is 6.04 Å². The van der Waals surface area contributed by atoms with Crippen LogP contribution in [0.4, 0.5) is 4.79 Å². The van der Waals surface area contributed by atoms with Crippen molar-refractivity contribution in [2.45, 2.75) is 25.8 Å². The second-order valence-corrected chi connectivity index (χ2v) is 6.01. The third kappa shape index (κ3) is 2.91. The number of aromatic nitrogens is 1. The number of hydrogen-bond acceptors (Lipinski definition) is 3. The molecule has 3 fully saturated rings.